The Morgan fingerprint density at radius 2 is 1.86 bits per heavy atom. The van der Waals surface area contributed by atoms with E-state index in [0.29, 0.717) is 24.7 Å². The van der Waals surface area contributed by atoms with Gasteiger partial charge in [0.05, 0.1) is 12.4 Å². The zero-order chi connectivity index (χ0) is 20.5. The molecule has 0 aliphatic carbocycles. The van der Waals surface area contributed by atoms with Crippen molar-refractivity contribution in [3.05, 3.63) is 71.8 Å². The normalized spacial score (nSPS) is 10.8. The van der Waals surface area contributed by atoms with E-state index in [4.69, 9.17) is 4.74 Å². The predicted molar refractivity (Wildman–Crippen MR) is 111 cm³/mol. The quantitative estimate of drug-likeness (QED) is 0.408. The monoisotopic (exact) mass is 414 g/mol. The van der Waals surface area contributed by atoms with Gasteiger partial charge in [-0.15, -0.1) is 10.2 Å². The van der Waals surface area contributed by atoms with Gasteiger partial charge in [-0.3, -0.25) is 9.36 Å². The van der Waals surface area contributed by atoms with Crippen LogP contribution >= 0.6 is 11.8 Å². The number of thioether (sulfide) groups is 1. The molecule has 0 aliphatic rings. The molecule has 152 valence electrons. The summed E-state index contributed by atoms with van der Waals surface area (Å²) in [6, 6.07) is 16.3. The minimum absolute atomic E-state index is 0.105. The van der Waals surface area contributed by atoms with Crippen LogP contribution in [0.25, 0.3) is 5.69 Å². The molecule has 3 aromatic rings. The van der Waals surface area contributed by atoms with Crippen molar-refractivity contribution in [1.82, 2.24) is 20.1 Å². The largest absolute Gasteiger partial charge is 0.383 e. The summed E-state index contributed by atoms with van der Waals surface area (Å²) in [5, 5.41) is 12.0. The van der Waals surface area contributed by atoms with Gasteiger partial charge in [-0.05, 0) is 36.2 Å². The number of carbonyl (C=O) groups excluding carboxylic acids is 1. The zero-order valence-electron chi connectivity index (χ0n) is 16.2. The first-order chi connectivity index (χ1) is 14.2. The average molecular weight is 415 g/mol. The summed E-state index contributed by atoms with van der Waals surface area (Å²) < 4.78 is 20.2. The highest BCUT2D eigenvalue weighted by Gasteiger charge is 2.16. The highest BCUT2D eigenvalue weighted by Crippen LogP contribution is 2.23. The molecule has 0 saturated carbocycles. The second kappa shape index (κ2) is 10.7. The van der Waals surface area contributed by atoms with Crippen molar-refractivity contribution in [1.29, 1.82) is 0 Å². The number of hydrogen-bond donors (Lipinski definition) is 1. The van der Waals surface area contributed by atoms with E-state index in [-0.39, 0.29) is 17.5 Å². The number of rotatable bonds is 10. The number of halogens is 1. The van der Waals surface area contributed by atoms with E-state index < -0.39 is 0 Å². The number of nitrogens with one attached hydrogen (secondary N) is 1. The Hall–Kier alpha value is -2.71. The highest BCUT2D eigenvalue weighted by atomic mass is 32.2. The van der Waals surface area contributed by atoms with E-state index in [1.165, 1.54) is 29.5 Å². The minimum atomic E-state index is -0.306. The number of benzene rings is 2. The molecule has 6 nitrogen and oxygen atoms in total. The first kappa shape index (κ1) is 21.0. The molecule has 3 rings (SSSR count). The van der Waals surface area contributed by atoms with E-state index in [1.54, 1.807) is 19.2 Å². The lowest BCUT2D eigenvalue weighted by molar-refractivity contribution is -0.118. The van der Waals surface area contributed by atoms with E-state index in [2.05, 4.69) is 27.6 Å². The first-order valence-corrected chi connectivity index (χ1v) is 10.3. The fourth-order valence-corrected chi connectivity index (χ4v) is 3.58. The molecule has 0 atom stereocenters. The summed E-state index contributed by atoms with van der Waals surface area (Å²) in [6.45, 7) is 0.925. The maximum absolute atomic E-state index is 13.4. The van der Waals surface area contributed by atoms with Gasteiger partial charge in [0.15, 0.2) is 5.16 Å². The fourth-order valence-electron chi connectivity index (χ4n) is 2.78. The van der Waals surface area contributed by atoms with Crippen molar-refractivity contribution >= 4 is 17.7 Å². The summed E-state index contributed by atoms with van der Waals surface area (Å²) in [5.41, 5.74) is 1.97. The third-order valence-electron chi connectivity index (χ3n) is 4.23. The summed E-state index contributed by atoms with van der Waals surface area (Å²) in [6.07, 6.45) is 1.48. The van der Waals surface area contributed by atoms with Crippen molar-refractivity contribution in [3.63, 3.8) is 0 Å². The smallest absolute Gasteiger partial charge is 0.230 e. The van der Waals surface area contributed by atoms with Crippen LogP contribution in [-0.4, -0.2) is 46.7 Å². The molecule has 0 saturated heterocycles. The maximum atomic E-state index is 13.4. The number of methoxy groups -OCH3 is 1. The van der Waals surface area contributed by atoms with Crippen LogP contribution in [0.15, 0.2) is 59.8 Å². The van der Waals surface area contributed by atoms with Gasteiger partial charge in [0.1, 0.15) is 11.6 Å². The molecule has 2 aromatic carbocycles. The lowest BCUT2D eigenvalue weighted by Gasteiger charge is -2.10. The van der Waals surface area contributed by atoms with Crippen molar-refractivity contribution in [2.75, 3.05) is 26.0 Å². The Labute approximate surface area is 173 Å². The van der Waals surface area contributed by atoms with Gasteiger partial charge in [0, 0.05) is 25.8 Å². The number of aryl methyl sites for hydroxylation is 2. The molecule has 0 unspecified atom stereocenters. The predicted octanol–water partition coefficient (Wildman–Crippen LogP) is 3.05. The van der Waals surface area contributed by atoms with Gasteiger partial charge in [-0.2, -0.15) is 0 Å². The van der Waals surface area contributed by atoms with Crippen molar-refractivity contribution in [3.8, 4) is 5.69 Å². The van der Waals surface area contributed by atoms with E-state index in [1.807, 2.05) is 22.8 Å². The Kier molecular flexibility index (Phi) is 7.77. The third kappa shape index (κ3) is 6.13. The van der Waals surface area contributed by atoms with Crippen LogP contribution in [0.5, 0.6) is 0 Å². The number of ether oxygens (including phenoxy) is 1. The van der Waals surface area contributed by atoms with Crippen molar-refractivity contribution in [2.45, 2.75) is 18.0 Å². The Bertz CT molecular complexity index is 916. The first-order valence-electron chi connectivity index (χ1n) is 9.30. The van der Waals surface area contributed by atoms with E-state index in [9.17, 15) is 9.18 Å². The highest BCUT2D eigenvalue weighted by molar-refractivity contribution is 7.99. The Morgan fingerprint density at radius 1 is 1.10 bits per heavy atom. The van der Waals surface area contributed by atoms with E-state index >= 15 is 0 Å². The molecule has 1 heterocycles. The van der Waals surface area contributed by atoms with Crippen molar-refractivity contribution in [2.24, 2.45) is 0 Å². The molecule has 8 heteroatoms. The number of carbonyl (C=O) groups is 1. The number of aromatic nitrogens is 3. The Balaban J connectivity index is 1.75. The molecule has 0 aliphatic heterocycles. The van der Waals surface area contributed by atoms with Gasteiger partial charge >= 0.3 is 0 Å². The third-order valence-corrected chi connectivity index (χ3v) is 5.15. The topological polar surface area (TPSA) is 69.0 Å². The average Bonchev–Trinajstić information content (AvgIpc) is 3.15. The van der Waals surface area contributed by atoms with Crippen LogP contribution in [-0.2, 0) is 22.4 Å². The van der Waals surface area contributed by atoms with Crippen LogP contribution in [0, 0.1) is 5.82 Å². The fraction of sp³-hybridized carbons (Fsp3) is 0.286. The standard InChI is InChI=1S/C21H23FN4O2S/c1-28-14-13-23-20(27)15-29-21-25-24-19(12-7-16-5-3-2-4-6-16)26(21)18-10-8-17(22)9-11-18/h2-6,8-11H,7,12-15H2,1H3,(H,23,27). The minimum Gasteiger partial charge on any atom is -0.383 e. The second-order valence-electron chi connectivity index (χ2n) is 6.33. The molecular formula is C21H23FN4O2S. The summed E-state index contributed by atoms with van der Waals surface area (Å²) >= 11 is 1.30. The Morgan fingerprint density at radius 3 is 2.59 bits per heavy atom. The van der Waals surface area contributed by atoms with Crippen molar-refractivity contribution < 1.29 is 13.9 Å². The summed E-state index contributed by atoms with van der Waals surface area (Å²) in [5.74, 6) is 0.565. The number of nitrogens with zero attached hydrogens (tertiary/aromatic N) is 3. The van der Waals surface area contributed by atoms with Crippen LogP contribution in [0.3, 0.4) is 0 Å². The number of amides is 1. The molecule has 0 spiro atoms. The maximum Gasteiger partial charge on any atom is 0.230 e. The van der Waals surface area contributed by atoms with Crippen LogP contribution in [0.1, 0.15) is 11.4 Å². The molecule has 1 N–H and O–H groups in total. The lowest BCUT2D eigenvalue weighted by atomic mass is 10.1. The van der Waals surface area contributed by atoms with E-state index in [0.717, 1.165) is 17.9 Å². The molecular weight excluding hydrogens is 391 g/mol. The molecule has 0 bridgehead atoms. The number of hydrogen-bond acceptors (Lipinski definition) is 5. The molecule has 0 radical (unpaired) electrons. The lowest BCUT2D eigenvalue weighted by Crippen LogP contribution is -2.28. The van der Waals surface area contributed by atoms with Gasteiger partial charge in [-0.1, -0.05) is 42.1 Å². The van der Waals surface area contributed by atoms with Gasteiger partial charge in [0.25, 0.3) is 0 Å². The molecule has 1 aromatic heterocycles. The van der Waals surface area contributed by atoms with Gasteiger partial charge < -0.3 is 10.1 Å². The molecule has 29 heavy (non-hydrogen) atoms. The van der Waals surface area contributed by atoms with Gasteiger partial charge in [0.2, 0.25) is 5.91 Å². The van der Waals surface area contributed by atoms with Crippen LogP contribution < -0.4 is 5.32 Å². The zero-order valence-corrected chi connectivity index (χ0v) is 17.0. The SMILES string of the molecule is COCCNC(=O)CSc1nnc(CCc2ccccc2)n1-c1ccc(F)cc1. The summed E-state index contributed by atoms with van der Waals surface area (Å²) in [4.78, 5) is 12.0. The summed E-state index contributed by atoms with van der Waals surface area (Å²) in [7, 11) is 1.59. The van der Waals surface area contributed by atoms with Crippen LogP contribution in [0.2, 0.25) is 0 Å². The second-order valence-corrected chi connectivity index (χ2v) is 7.27. The van der Waals surface area contributed by atoms with Crippen LogP contribution in [0.4, 0.5) is 4.39 Å². The molecule has 1 amide bonds. The van der Waals surface area contributed by atoms with Gasteiger partial charge in [-0.25, -0.2) is 4.39 Å². The molecule has 0 fully saturated rings.